The number of amides is 1. The number of benzene rings is 1. The molecule has 2 aromatic heterocycles. The van der Waals surface area contributed by atoms with E-state index in [0.29, 0.717) is 5.69 Å². The summed E-state index contributed by atoms with van der Waals surface area (Å²) in [6.45, 7) is 3.82. The zero-order valence-corrected chi connectivity index (χ0v) is 16.3. The highest BCUT2D eigenvalue weighted by Gasteiger charge is 2.15. The smallest absolute Gasteiger partial charge is 0.269 e. The maximum absolute atomic E-state index is 12.3. The van der Waals surface area contributed by atoms with E-state index >= 15 is 0 Å². The van der Waals surface area contributed by atoms with E-state index in [9.17, 15) is 9.59 Å². The van der Waals surface area contributed by atoms with Gasteiger partial charge in [0, 0.05) is 19.2 Å². The Bertz CT molecular complexity index is 1050. The van der Waals surface area contributed by atoms with Crippen molar-refractivity contribution in [3.8, 4) is 5.69 Å². The number of hydrogen-bond donors (Lipinski definition) is 1. The van der Waals surface area contributed by atoms with Gasteiger partial charge in [0.15, 0.2) is 0 Å². The number of anilines is 1. The van der Waals surface area contributed by atoms with E-state index in [4.69, 9.17) is 0 Å². The zero-order valence-electron chi connectivity index (χ0n) is 16.3. The van der Waals surface area contributed by atoms with E-state index in [-0.39, 0.29) is 24.6 Å². The summed E-state index contributed by atoms with van der Waals surface area (Å²) in [6, 6.07) is 11.1. The second kappa shape index (κ2) is 8.26. The molecule has 0 spiro atoms. The van der Waals surface area contributed by atoms with Crippen LogP contribution in [-0.2, 0) is 17.9 Å². The molecule has 1 aliphatic rings. The fourth-order valence-electron chi connectivity index (χ4n) is 3.31. The first kappa shape index (κ1) is 18.9. The Kier molecular flexibility index (Phi) is 5.37. The van der Waals surface area contributed by atoms with Gasteiger partial charge in [-0.1, -0.05) is 18.2 Å². The maximum atomic E-state index is 12.3. The van der Waals surface area contributed by atoms with Gasteiger partial charge in [0.1, 0.15) is 12.2 Å². The van der Waals surface area contributed by atoms with Crippen LogP contribution in [-0.4, -0.2) is 43.8 Å². The van der Waals surface area contributed by atoms with Gasteiger partial charge in [-0.25, -0.2) is 4.68 Å². The highest BCUT2D eigenvalue weighted by Crippen LogP contribution is 2.16. The first-order valence-corrected chi connectivity index (χ1v) is 9.67. The topological polar surface area (TPSA) is 97.9 Å². The van der Waals surface area contributed by atoms with E-state index in [1.54, 1.807) is 17.1 Å². The molecular formula is C20H23N7O2. The number of aromatic nitrogens is 5. The molecule has 4 rings (SSSR count). The van der Waals surface area contributed by atoms with E-state index in [1.165, 1.54) is 4.68 Å². The van der Waals surface area contributed by atoms with Crippen molar-refractivity contribution in [2.75, 3.05) is 18.0 Å². The SMILES string of the molecule is Cc1nn(-c2ccccc2)nc1CNC(=O)Cn1ncc(N2CCCC2)cc1=O. The molecule has 3 heterocycles. The van der Waals surface area contributed by atoms with Gasteiger partial charge in [-0.15, -0.1) is 0 Å². The number of hydrogen-bond acceptors (Lipinski definition) is 6. The Morgan fingerprint density at radius 1 is 1.10 bits per heavy atom. The third-order valence-corrected chi connectivity index (χ3v) is 4.94. The van der Waals surface area contributed by atoms with Crippen LogP contribution in [0.15, 0.2) is 47.4 Å². The van der Waals surface area contributed by atoms with Gasteiger partial charge in [-0.3, -0.25) is 9.59 Å². The number of aryl methyl sites for hydroxylation is 1. The minimum absolute atomic E-state index is 0.134. The highest BCUT2D eigenvalue weighted by atomic mass is 16.2. The van der Waals surface area contributed by atoms with Crippen LogP contribution >= 0.6 is 0 Å². The first-order chi connectivity index (χ1) is 14.1. The molecule has 0 aliphatic carbocycles. The predicted octanol–water partition coefficient (Wildman–Crippen LogP) is 1.05. The molecule has 1 aliphatic heterocycles. The number of carbonyl (C=O) groups is 1. The molecule has 0 saturated carbocycles. The summed E-state index contributed by atoms with van der Waals surface area (Å²) in [5.74, 6) is -0.304. The minimum Gasteiger partial charge on any atom is -0.370 e. The number of nitrogens with zero attached hydrogens (tertiary/aromatic N) is 6. The molecule has 1 fully saturated rings. The average molecular weight is 393 g/mol. The quantitative estimate of drug-likeness (QED) is 0.672. The van der Waals surface area contributed by atoms with Crippen LogP contribution in [0.3, 0.4) is 0 Å². The van der Waals surface area contributed by atoms with Crippen molar-refractivity contribution in [2.24, 2.45) is 0 Å². The third kappa shape index (κ3) is 4.34. The average Bonchev–Trinajstić information content (AvgIpc) is 3.39. The first-order valence-electron chi connectivity index (χ1n) is 9.67. The van der Waals surface area contributed by atoms with E-state index < -0.39 is 0 Å². The normalized spacial score (nSPS) is 13.6. The van der Waals surface area contributed by atoms with Crippen molar-refractivity contribution in [2.45, 2.75) is 32.9 Å². The predicted molar refractivity (Wildman–Crippen MR) is 108 cm³/mol. The van der Waals surface area contributed by atoms with Gasteiger partial charge < -0.3 is 10.2 Å². The van der Waals surface area contributed by atoms with Crippen molar-refractivity contribution in [1.29, 1.82) is 0 Å². The molecule has 1 N–H and O–H groups in total. The van der Waals surface area contributed by atoms with Crippen molar-refractivity contribution in [3.05, 3.63) is 64.3 Å². The minimum atomic E-state index is -0.304. The van der Waals surface area contributed by atoms with E-state index in [2.05, 4.69) is 25.5 Å². The van der Waals surface area contributed by atoms with Crippen molar-refractivity contribution in [3.63, 3.8) is 0 Å². The van der Waals surface area contributed by atoms with Gasteiger partial charge in [0.25, 0.3) is 5.56 Å². The van der Waals surface area contributed by atoms with Gasteiger partial charge in [0.05, 0.1) is 29.8 Å². The van der Waals surface area contributed by atoms with Crippen molar-refractivity contribution < 1.29 is 4.79 Å². The second-order valence-corrected chi connectivity index (χ2v) is 7.04. The van der Waals surface area contributed by atoms with Gasteiger partial charge in [-0.2, -0.15) is 20.1 Å². The molecule has 1 saturated heterocycles. The molecule has 150 valence electrons. The van der Waals surface area contributed by atoms with Crippen LogP contribution < -0.4 is 15.8 Å². The lowest BCUT2D eigenvalue weighted by molar-refractivity contribution is -0.122. The summed E-state index contributed by atoms with van der Waals surface area (Å²) in [4.78, 5) is 28.3. The summed E-state index contributed by atoms with van der Waals surface area (Å²) in [6.07, 6.45) is 3.90. The second-order valence-electron chi connectivity index (χ2n) is 7.04. The lowest BCUT2D eigenvalue weighted by atomic mass is 10.3. The molecule has 29 heavy (non-hydrogen) atoms. The largest absolute Gasteiger partial charge is 0.370 e. The van der Waals surface area contributed by atoms with Gasteiger partial charge in [0.2, 0.25) is 5.91 Å². The van der Waals surface area contributed by atoms with Crippen molar-refractivity contribution in [1.82, 2.24) is 30.1 Å². The van der Waals surface area contributed by atoms with Crippen LogP contribution in [0.4, 0.5) is 5.69 Å². The summed E-state index contributed by atoms with van der Waals surface area (Å²) in [7, 11) is 0. The Balaban J connectivity index is 1.37. The van der Waals surface area contributed by atoms with E-state index in [0.717, 1.165) is 43.0 Å². The number of para-hydroxylation sites is 1. The Hall–Kier alpha value is -3.49. The van der Waals surface area contributed by atoms with Gasteiger partial charge >= 0.3 is 0 Å². The molecule has 1 aromatic carbocycles. The molecule has 0 atom stereocenters. The highest BCUT2D eigenvalue weighted by molar-refractivity contribution is 5.75. The Morgan fingerprint density at radius 2 is 1.86 bits per heavy atom. The fourth-order valence-corrected chi connectivity index (χ4v) is 3.31. The molecule has 9 heteroatoms. The molecular weight excluding hydrogens is 370 g/mol. The van der Waals surface area contributed by atoms with Crippen LogP contribution in [0.25, 0.3) is 5.69 Å². The monoisotopic (exact) mass is 393 g/mol. The Morgan fingerprint density at radius 3 is 2.59 bits per heavy atom. The number of rotatable bonds is 6. The third-order valence-electron chi connectivity index (χ3n) is 4.94. The summed E-state index contributed by atoms with van der Waals surface area (Å²) in [5.41, 5.74) is 2.79. The van der Waals surface area contributed by atoms with Crippen LogP contribution in [0.2, 0.25) is 0 Å². The molecule has 0 bridgehead atoms. The van der Waals surface area contributed by atoms with E-state index in [1.807, 2.05) is 37.3 Å². The Labute approximate surface area is 168 Å². The molecule has 9 nitrogen and oxygen atoms in total. The standard InChI is InChI=1S/C20H23N7O2/c1-15-18(24-27(23-15)16-7-3-2-4-8-16)13-21-19(28)14-26-20(29)11-17(12-22-26)25-9-5-6-10-25/h2-4,7-8,11-12H,5-6,9-10,13-14H2,1H3,(H,21,28). The van der Waals surface area contributed by atoms with Crippen LogP contribution in [0, 0.1) is 6.92 Å². The lowest BCUT2D eigenvalue weighted by Crippen LogP contribution is -2.34. The summed E-state index contributed by atoms with van der Waals surface area (Å²) in [5, 5.41) is 15.8. The van der Waals surface area contributed by atoms with Crippen LogP contribution in [0.1, 0.15) is 24.2 Å². The number of nitrogens with one attached hydrogen (secondary N) is 1. The molecule has 1 amide bonds. The molecule has 0 radical (unpaired) electrons. The summed E-state index contributed by atoms with van der Waals surface area (Å²) >= 11 is 0. The van der Waals surface area contributed by atoms with Gasteiger partial charge in [-0.05, 0) is 31.9 Å². The summed E-state index contributed by atoms with van der Waals surface area (Å²) < 4.78 is 1.17. The fraction of sp³-hybridized carbons (Fsp3) is 0.350. The maximum Gasteiger partial charge on any atom is 0.269 e. The van der Waals surface area contributed by atoms with Crippen LogP contribution in [0.5, 0.6) is 0 Å². The number of carbonyl (C=O) groups excluding carboxylic acids is 1. The van der Waals surface area contributed by atoms with Crippen molar-refractivity contribution >= 4 is 11.6 Å². The lowest BCUT2D eigenvalue weighted by Gasteiger charge is -2.16. The molecule has 3 aromatic rings. The molecule has 0 unspecified atom stereocenters. The zero-order chi connectivity index (χ0) is 20.2.